The van der Waals surface area contributed by atoms with Crippen LogP contribution >= 0.6 is 0 Å². The van der Waals surface area contributed by atoms with Crippen LogP contribution in [-0.4, -0.2) is 0 Å². The van der Waals surface area contributed by atoms with Gasteiger partial charge in [0.25, 0.3) is 0 Å². The number of aryl methyl sites for hydroxylation is 6. The first-order valence-corrected chi connectivity index (χ1v) is 16.9. The lowest BCUT2D eigenvalue weighted by Crippen LogP contribution is -1.99. The number of hydrogen-bond donors (Lipinski definition) is 0. The van der Waals surface area contributed by atoms with Crippen molar-refractivity contribution in [1.29, 1.82) is 0 Å². The van der Waals surface area contributed by atoms with Gasteiger partial charge in [0.15, 0.2) is 0 Å². The minimum Gasteiger partial charge on any atom is -0.0616 e. The Morgan fingerprint density at radius 1 is 0.318 bits per heavy atom. The maximum Gasteiger partial charge on any atom is -0.00987 e. The summed E-state index contributed by atoms with van der Waals surface area (Å²) in [6.07, 6.45) is 6.30. The number of benzene rings is 6. The van der Waals surface area contributed by atoms with E-state index in [4.69, 9.17) is 0 Å². The van der Waals surface area contributed by atoms with E-state index in [0.29, 0.717) is 0 Å². The Hall–Kier alpha value is -4.16. The van der Waals surface area contributed by atoms with Gasteiger partial charge < -0.3 is 0 Å². The van der Waals surface area contributed by atoms with E-state index >= 15 is 0 Å². The van der Waals surface area contributed by atoms with Gasteiger partial charge in [0.1, 0.15) is 0 Å². The van der Waals surface area contributed by atoms with Crippen LogP contribution in [0.1, 0.15) is 74.9 Å². The average Bonchev–Trinajstić information content (AvgIpc) is 3.09. The summed E-state index contributed by atoms with van der Waals surface area (Å²) in [7, 11) is 0. The topological polar surface area (TPSA) is 0 Å². The van der Waals surface area contributed by atoms with E-state index in [9.17, 15) is 0 Å². The van der Waals surface area contributed by atoms with Crippen LogP contribution in [0.5, 0.6) is 0 Å². The Bertz CT molecular complexity index is 1770. The van der Waals surface area contributed by atoms with E-state index < -0.39 is 0 Å². The van der Waals surface area contributed by atoms with Crippen LogP contribution in [0, 0.1) is 0 Å². The zero-order chi connectivity index (χ0) is 30.8. The minimum atomic E-state index is 1.04. The molecule has 0 aromatic heterocycles. The second-order valence-electron chi connectivity index (χ2n) is 12.1. The summed E-state index contributed by atoms with van der Waals surface area (Å²) in [5.41, 5.74) is 16.9. The van der Waals surface area contributed by atoms with Crippen molar-refractivity contribution in [3.05, 3.63) is 130 Å². The molecular weight excluding hydrogens is 528 g/mol. The van der Waals surface area contributed by atoms with E-state index in [2.05, 4.69) is 139 Å². The summed E-state index contributed by atoms with van der Waals surface area (Å²) in [5, 5.41) is 5.32. The molecule has 0 saturated heterocycles. The summed E-state index contributed by atoms with van der Waals surface area (Å²) in [4.78, 5) is 0. The molecule has 0 N–H and O–H groups in total. The second-order valence-corrected chi connectivity index (χ2v) is 12.1. The number of hydrogen-bond acceptors (Lipinski definition) is 0. The van der Waals surface area contributed by atoms with Crippen LogP contribution in [0.25, 0.3) is 54.9 Å². The fourth-order valence-electron chi connectivity index (χ4n) is 7.40. The maximum absolute atomic E-state index is 2.44. The summed E-state index contributed by atoms with van der Waals surface area (Å²) in [6, 6.07) is 37.4. The van der Waals surface area contributed by atoms with Crippen LogP contribution in [0.2, 0.25) is 0 Å². The lowest BCUT2D eigenvalue weighted by Gasteiger charge is -2.21. The molecule has 0 aliphatic carbocycles. The van der Waals surface area contributed by atoms with Gasteiger partial charge in [-0.3, -0.25) is 0 Å². The molecule has 0 radical (unpaired) electrons. The zero-order valence-electron chi connectivity index (χ0n) is 27.5. The van der Waals surface area contributed by atoms with Crippen molar-refractivity contribution < 1.29 is 0 Å². The molecule has 0 nitrogen and oxygen atoms in total. The molecule has 222 valence electrons. The molecular formula is C44H46. The Morgan fingerprint density at radius 3 is 0.864 bits per heavy atom. The molecule has 0 aliphatic rings. The SMILES string of the molecule is CCc1cc(CC)c(-c2ccc(-c3ccc(-c4c(CC)cc(CC)cc4CC)c4ccccc34)c3ccccc23)c(CC)c1. The lowest BCUT2D eigenvalue weighted by atomic mass is 9.83. The van der Waals surface area contributed by atoms with Gasteiger partial charge in [-0.2, -0.15) is 0 Å². The van der Waals surface area contributed by atoms with Crippen LogP contribution in [0.3, 0.4) is 0 Å². The van der Waals surface area contributed by atoms with Gasteiger partial charge in [0.2, 0.25) is 0 Å². The fraction of sp³-hybridized carbons (Fsp3) is 0.273. The molecule has 0 spiro atoms. The standard InChI is InChI=1S/C44H46/c1-7-29-25-31(9-3)43(32(10-4)26-29)41-23-21-39(35-17-13-15-19-37(35)41)40-22-24-42(38-20-16-14-18-36(38)40)44-33(11-5)27-30(8-2)28-34(44)12-6/h13-28H,7-12H2,1-6H3. The number of fused-ring (bicyclic) bond motifs is 2. The second kappa shape index (κ2) is 12.8. The molecule has 0 unspecified atom stereocenters. The molecule has 6 aromatic carbocycles. The highest BCUT2D eigenvalue weighted by Gasteiger charge is 2.19. The molecule has 44 heavy (non-hydrogen) atoms. The van der Waals surface area contributed by atoms with Crippen molar-refractivity contribution in [2.75, 3.05) is 0 Å². The smallest absolute Gasteiger partial charge is 0.00987 e. The highest BCUT2D eigenvalue weighted by molar-refractivity contribution is 6.12. The van der Waals surface area contributed by atoms with Crippen LogP contribution in [0.15, 0.2) is 97.1 Å². The fourth-order valence-corrected chi connectivity index (χ4v) is 7.40. The van der Waals surface area contributed by atoms with Crippen LogP contribution < -0.4 is 0 Å². The van der Waals surface area contributed by atoms with E-state index in [-0.39, 0.29) is 0 Å². The molecule has 0 fully saturated rings. The monoisotopic (exact) mass is 574 g/mol. The molecule has 0 aliphatic heterocycles. The van der Waals surface area contributed by atoms with E-state index in [1.807, 2.05) is 0 Å². The molecule has 6 rings (SSSR count). The van der Waals surface area contributed by atoms with Gasteiger partial charge >= 0.3 is 0 Å². The van der Waals surface area contributed by atoms with Gasteiger partial charge in [0, 0.05) is 0 Å². The van der Waals surface area contributed by atoms with E-state index in [0.717, 1.165) is 38.5 Å². The predicted molar refractivity (Wildman–Crippen MR) is 194 cm³/mol. The largest absolute Gasteiger partial charge is 0.0616 e. The summed E-state index contributed by atoms with van der Waals surface area (Å²) in [5.74, 6) is 0. The summed E-state index contributed by atoms with van der Waals surface area (Å²) in [6.45, 7) is 13.7. The minimum absolute atomic E-state index is 1.04. The Balaban J connectivity index is 1.60. The first-order valence-electron chi connectivity index (χ1n) is 16.9. The predicted octanol–water partition coefficient (Wildman–Crippen LogP) is 12.4. The first kappa shape index (κ1) is 29.9. The Kier molecular flexibility index (Phi) is 8.72. The molecule has 0 heterocycles. The van der Waals surface area contributed by atoms with Crippen molar-refractivity contribution in [2.24, 2.45) is 0 Å². The number of rotatable bonds is 9. The molecule has 0 bridgehead atoms. The maximum atomic E-state index is 2.44. The summed E-state index contributed by atoms with van der Waals surface area (Å²) >= 11 is 0. The molecule has 0 amide bonds. The van der Waals surface area contributed by atoms with E-state index in [1.54, 1.807) is 0 Å². The van der Waals surface area contributed by atoms with Crippen molar-refractivity contribution >= 4 is 21.5 Å². The molecule has 0 saturated carbocycles. The zero-order valence-corrected chi connectivity index (χ0v) is 27.5. The van der Waals surface area contributed by atoms with Crippen molar-refractivity contribution in [3.63, 3.8) is 0 Å². The van der Waals surface area contributed by atoms with Crippen molar-refractivity contribution in [3.8, 4) is 33.4 Å². The Morgan fingerprint density at radius 2 is 0.591 bits per heavy atom. The van der Waals surface area contributed by atoms with Crippen molar-refractivity contribution in [2.45, 2.75) is 80.1 Å². The third kappa shape index (κ3) is 5.15. The van der Waals surface area contributed by atoms with Gasteiger partial charge in [-0.05, 0) is 127 Å². The van der Waals surface area contributed by atoms with Gasteiger partial charge in [-0.15, -0.1) is 0 Å². The highest BCUT2D eigenvalue weighted by atomic mass is 14.2. The van der Waals surface area contributed by atoms with Gasteiger partial charge in [-0.1, -0.05) is 139 Å². The van der Waals surface area contributed by atoms with E-state index in [1.165, 1.54) is 88.3 Å². The first-order chi connectivity index (χ1) is 21.6. The third-order valence-electron chi connectivity index (χ3n) is 9.74. The van der Waals surface area contributed by atoms with Crippen molar-refractivity contribution in [1.82, 2.24) is 0 Å². The van der Waals surface area contributed by atoms with Gasteiger partial charge in [0.05, 0.1) is 0 Å². The molecule has 0 heteroatoms. The quantitative estimate of drug-likeness (QED) is 0.161. The highest BCUT2D eigenvalue weighted by Crippen LogP contribution is 2.43. The molecule has 6 aromatic rings. The van der Waals surface area contributed by atoms with Crippen LogP contribution in [0.4, 0.5) is 0 Å². The molecule has 0 atom stereocenters. The van der Waals surface area contributed by atoms with Crippen LogP contribution in [-0.2, 0) is 38.5 Å². The lowest BCUT2D eigenvalue weighted by molar-refractivity contribution is 1.05. The average molecular weight is 575 g/mol. The Labute approximate surface area is 264 Å². The third-order valence-corrected chi connectivity index (χ3v) is 9.74. The van der Waals surface area contributed by atoms with Gasteiger partial charge in [-0.25, -0.2) is 0 Å². The normalized spacial score (nSPS) is 11.5. The summed E-state index contributed by atoms with van der Waals surface area (Å²) < 4.78 is 0.